The number of hydrogen-bond acceptors (Lipinski definition) is 10. The molecule has 9 unspecified atom stereocenters. The number of hydrogen-bond donors (Lipinski definition) is 8. The summed E-state index contributed by atoms with van der Waals surface area (Å²) in [5.74, 6) is -0.707. The summed E-state index contributed by atoms with van der Waals surface area (Å²) in [6, 6.07) is -1.19. The van der Waals surface area contributed by atoms with Gasteiger partial charge in [-0.05, 0) is 77.0 Å². The van der Waals surface area contributed by atoms with Crippen molar-refractivity contribution in [3.05, 3.63) is 36.5 Å². The Kier molecular flexibility index (Phi) is 59.8. The van der Waals surface area contributed by atoms with Crippen molar-refractivity contribution < 1.29 is 50.0 Å². The third-order valence-electron chi connectivity index (χ3n) is 17.9. The smallest absolute Gasteiger partial charge is 0.249 e. The molecule has 1 amide bonds. The first-order valence-electron chi connectivity index (χ1n) is 36.9. The van der Waals surface area contributed by atoms with E-state index in [-0.39, 0.29) is 12.8 Å². The molecule has 0 aromatic heterocycles. The van der Waals surface area contributed by atoms with E-state index in [0.717, 1.165) is 38.5 Å². The zero-order valence-electron chi connectivity index (χ0n) is 55.6. The highest BCUT2D eigenvalue weighted by atomic mass is 16.7. The van der Waals surface area contributed by atoms with Crippen LogP contribution in [0, 0.1) is 0 Å². The summed E-state index contributed by atoms with van der Waals surface area (Å²) in [7, 11) is 0. The lowest BCUT2D eigenvalue weighted by molar-refractivity contribution is -0.303. The number of ether oxygens (including phenoxy) is 2. The largest absolute Gasteiger partial charge is 0.394 e. The van der Waals surface area contributed by atoms with E-state index in [0.29, 0.717) is 19.3 Å². The van der Waals surface area contributed by atoms with E-state index < -0.39 is 74.2 Å². The molecule has 1 rings (SSSR count). The Balaban J connectivity index is 2.21. The maximum atomic E-state index is 13.3. The fraction of sp³-hybridized carbons (Fsp3) is 0.905. The second-order valence-electron chi connectivity index (χ2n) is 26.0. The van der Waals surface area contributed by atoms with Gasteiger partial charge in [0.1, 0.15) is 36.6 Å². The van der Waals surface area contributed by atoms with Crippen molar-refractivity contribution in [1.82, 2.24) is 5.32 Å². The lowest BCUT2D eigenvalue weighted by Crippen LogP contribution is -2.60. The summed E-state index contributed by atoms with van der Waals surface area (Å²) in [6.07, 6.45) is 69.6. The van der Waals surface area contributed by atoms with Gasteiger partial charge >= 0.3 is 0 Å². The fourth-order valence-electron chi connectivity index (χ4n) is 12.0. The molecular formula is C74H141NO10. The predicted molar refractivity (Wildman–Crippen MR) is 358 cm³/mol. The van der Waals surface area contributed by atoms with Crippen molar-refractivity contribution in [2.75, 3.05) is 13.2 Å². The van der Waals surface area contributed by atoms with Crippen molar-refractivity contribution >= 4 is 5.91 Å². The van der Waals surface area contributed by atoms with Crippen molar-refractivity contribution in [2.24, 2.45) is 0 Å². The lowest BCUT2D eigenvalue weighted by Gasteiger charge is -2.40. The maximum Gasteiger partial charge on any atom is 0.249 e. The lowest BCUT2D eigenvalue weighted by atomic mass is 9.98. The Labute approximate surface area is 524 Å². The van der Waals surface area contributed by atoms with Gasteiger partial charge in [0.25, 0.3) is 0 Å². The van der Waals surface area contributed by atoms with Crippen LogP contribution in [0.3, 0.4) is 0 Å². The molecule has 0 bridgehead atoms. The van der Waals surface area contributed by atoms with Crippen LogP contribution in [-0.2, 0) is 14.3 Å². The number of aliphatic hydroxyl groups is 7. The number of rotatable bonds is 65. The summed E-state index contributed by atoms with van der Waals surface area (Å²) < 4.78 is 11.2. The molecule has 1 heterocycles. The number of allylic oxidation sites excluding steroid dienone is 6. The molecule has 0 aromatic rings. The third kappa shape index (κ3) is 49.8. The molecule has 1 saturated heterocycles. The molecule has 1 aliphatic heterocycles. The van der Waals surface area contributed by atoms with Crippen molar-refractivity contribution in [3.8, 4) is 0 Å². The number of amides is 1. The van der Waals surface area contributed by atoms with Crippen LogP contribution >= 0.6 is 0 Å². The van der Waals surface area contributed by atoms with E-state index in [1.54, 1.807) is 0 Å². The molecule has 502 valence electrons. The zero-order chi connectivity index (χ0) is 61.7. The highest BCUT2D eigenvalue weighted by molar-refractivity contribution is 5.80. The average molecular weight is 1200 g/mol. The van der Waals surface area contributed by atoms with Gasteiger partial charge in [0, 0.05) is 0 Å². The number of carbonyl (C=O) groups is 1. The molecular weight excluding hydrogens is 1060 g/mol. The predicted octanol–water partition coefficient (Wildman–Crippen LogP) is 18.1. The molecule has 0 aromatic carbocycles. The first kappa shape index (κ1) is 81.3. The minimum atomic E-state index is -1.67. The standard InChI is InChI=1S/C74H141NO10/c1-3-5-7-9-11-13-15-17-19-21-23-25-27-29-31-32-33-34-35-36-38-39-41-43-45-47-49-51-53-55-57-59-61-66(77)69(79)65(64-84-74-72(82)71(81)70(80)68(63-76)85-74)75-73(83)67(78)62-60-58-56-54-52-50-48-46-44-42-40-37-30-28-26-24-22-20-18-16-14-12-10-8-6-4-2/h30,37,45,47,53,55,65-72,74,76-82H,3-29,31-36,38-44,46,48-52,54,56-64H2,1-2H3,(H,75,83)/b37-30-,47-45+,55-53+. The van der Waals surface area contributed by atoms with Crippen LogP contribution in [-0.4, -0.2) is 110 Å². The first-order valence-corrected chi connectivity index (χ1v) is 36.9. The van der Waals surface area contributed by atoms with E-state index in [4.69, 9.17) is 9.47 Å². The van der Waals surface area contributed by atoms with E-state index in [1.807, 2.05) is 0 Å². The van der Waals surface area contributed by atoms with Gasteiger partial charge in [-0.15, -0.1) is 0 Å². The second kappa shape index (κ2) is 62.5. The van der Waals surface area contributed by atoms with E-state index >= 15 is 0 Å². The van der Waals surface area contributed by atoms with Crippen LogP contribution in [0.5, 0.6) is 0 Å². The van der Waals surface area contributed by atoms with Crippen molar-refractivity contribution in [2.45, 2.75) is 416 Å². The van der Waals surface area contributed by atoms with Crippen LogP contribution in [0.1, 0.15) is 361 Å². The molecule has 9 atom stereocenters. The topological polar surface area (TPSA) is 189 Å². The molecule has 11 heteroatoms. The Morgan fingerprint density at radius 2 is 0.706 bits per heavy atom. The van der Waals surface area contributed by atoms with Crippen LogP contribution in [0.2, 0.25) is 0 Å². The van der Waals surface area contributed by atoms with Crippen molar-refractivity contribution in [3.63, 3.8) is 0 Å². The number of carbonyl (C=O) groups excluding carboxylic acids is 1. The van der Waals surface area contributed by atoms with Crippen LogP contribution in [0.15, 0.2) is 36.5 Å². The number of unbranched alkanes of at least 4 members (excludes halogenated alkanes) is 47. The Hall–Kier alpha value is -1.67. The quantitative estimate of drug-likeness (QED) is 0.0215. The van der Waals surface area contributed by atoms with Gasteiger partial charge in [0.05, 0.1) is 25.4 Å². The van der Waals surface area contributed by atoms with Crippen molar-refractivity contribution in [1.29, 1.82) is 0 Å². The average Bonchev–Trinajstić information content (AvgIpc) is 3.66. The Bertz CT molecular complexity index is 1480. The van der Waals surface area contributed by atoms with E-state index in [9.17, 15) is 40.5 Å². The summed E-state index contributed by atoms with van der Waals surface area (Å²) in [5.41, 5.74) is 0. The van der Waals surface area contributed by atoms with Gasteiger partial charge in [0.2, 0.25) is 5.91 Å². The van der Waals surface area contributed by atoms with Gasteiger partial charge in [-0.1, -0.05) is 320 Å². The van der Waals surface area contributed by atoms with Gasteiger partial charge in [0.15, 0.2) is 6.29 Å². The second-order valence-corrected chi connectivity index (χ2v) is 26.0. The van der Waals surface area contributed by atoms with Gasteiger partial charge < -0.3 is 50.5 Å². The minimum Gasteiger partial charge on any atom is -0.394 e. The number of nitrogens with one attached hydrogen (secondary N) is 1. The number of aliphatic hydroxyl groups excluding tert-OH is 7. The zero-order valence-corrected chi connectivity index (χ0v) is 55.6. The molecule has 85 heavy (non-hydrogen) atoms. The Morgan fingerprint density at radius 1 is 0.400 bits per heavy atom. The normalized spacial score (nSPS) is 19.0. The first-order chi connectivity index (χ1) is 41.7. The summed E-state index contributed by atoms with van der Waals surface area (Å²) >= 11 is 0. The molecule has 8 N–H and O–H groups in total. The molecule has 0 saturated carbocycles. The highest BCUT2D eigenvalue weighted by Gasteiger charge is 2.44. The molecule has 11 nitrogen and oxygen atoms in total. The highest BCUT2D eigenvalue weighted by Crippen LogP contribution is 2.24. The van der Waals surface area contributed by atoms with Gasteiger partial charge in [-0.3, -0.25) is 4.79 Å². The van der Waals surface area contributed by atoms with E-state index in [1.165, 1.54) is 276 Å². The molecule has 0 radical (unpaired) electrons. The van der Waals surface area contributed by atoms with Crippen LogP contribution < -0.4 is 5.32 Å². The fourth-order valence-corrected chi connectivity index (χ4v) is 12.0. The Morgan fingerprint density at radius 3 is 1.05 bits per heavy atom. The summed E-state index contributed by atoms with van der Waals surface area (Å²) in [4.78, 5) is 13.3. The summed E-state index contributed by atoms with van der Waals surface area (Å²) in [6.45, 7) is 3.50. The SMILES string of the molecule is CCCCCCCCCCCCCC/C=C\CCCCCCCCCCCCC(O)C(=O)NC(COC1OC(CO)C(O)C(O)C1O)C(O)C(O)CCC/C=C/CC/C=C/CCCCCCCCCCCCCCCCCCCCCCCCC. The van der Waals surface area contributed by atoms with Crippen LogP contribution in [0.25, 0.3) is 0 Å². The molecule has 0 aliphatic carbocycles. The van der Waals surface area contributed by atoms with Crippen LogP contribution in [0.4, 0.5) is 0 Å². The maximum absolute atomic E-state index is 13.3. The molecule has 0 spiro atoms. The monoisotopic (exact) mass is 1200 g/mol. The van der Waals surface area contributed by atoms with Gasteiger partial charge in [-0.2, -0.15) is 0 Å². The molecule has 1 fully saturated rings. The third-order valence-corrected chi connectivity index (χ3v) is 17.9. The molecule has 1 aliphatic rings. The summed E-state index contributed by atoms with van der Waals surface area (Å²) in [5, 5.41) is 76.5. The van der Waals surface area contributed by atoms with Gasteiger partial charge in [-0.25, -0.2) is 0 Å². The minimum absolute atomic E-state index is 0.247. The van der Waals surface area contributed by atoms with E-state index in [2.05, 4.69) is 55.6 Å².